The van der Waals surface area contributed by atoms with Gasteiger partial charge in [0.05, 0.1) is 18.6 Å². The van der Waals surface area contributed by atoms with E-state index in [4.69, 9.17) is 4.74 Å². The van der Waals surface area contributed by atoms with Crippen molar-refractivity contribution in [1.82, 2.24) is 10.6 Å². The first-order chi connectivity index (χ1) is 15.5. The Morgan fingerprint density at radius 1 is 0.938 bits per heavy atom. The first-order valence-corrected chi connectivity index (χ1v) is 10.5. The van der Waals surface area contributed by atoms with Gasteiger partial charge in [0.15, 0.2) is 11.6 Å². The lowest BCUT2D eigenvalue weighted by molar-refractivity contribution is -0.123. The topological polar surface area (TPSA) is 67.4 Å². The Kier molecular flexibility index (Phi) is 7.97. The van der Waals surface area contributed by atoms with E-state index in [1.54, 1.807) is 6.92 Å². The van der Waals surface area contributed by atoms with Crippen LogP contribution in [0.4, 0.5) is 4.39 Å². The highest BCUT2D eigenvalue weighted by Crippen LogP contribution is 2.24. The van der Waals surface area contributed by atoms with Crippen molar-refractivity contribution in [1.29, 1.82) is 0 Å². The number of carbonyl (C=O) groups is 2. The first kappa shape index (κ1) is 23.0. The van der Waals surface area contributed by atoms with Gasteiger partial charge in [-0.1, -0.05) is 66.7 Å². The molecule has 6 heteroatoms. The van der Waals surface area contributed by atoms with E-state index in [2.05, 4.69) is 10.6 Å². The quantitative estimate of drug-likeness (QED) is 0.533. The van der Waals surface area contributed by atoms with E-state index < -0.39 is 23.7 Å². The summed E-state index contributed by atoms with van der Waals surface area (Å²) in [7, 11) is 1.31. The van der Waals surface area contributed by atoms with Crippen LogP contribution in [0, 0.1) is 5.82 Å². The lowest BCUT2D eigenvalue weighted by atomic mass is 9.91. The molecule has 0 saturated carbocycles. The summed E-state index contributed by atoms with van der Waals surface area (Å²) in [5.41, 5.74) is 1.99. The van der Waals surface area contributed by atoms with Gasteiger partial charge in [-0.05, 0) is 36.6 Å². The number of methoxy groups -OCH3 is 1. The average molecular weight is 435 g/mol. The van der Waals surface area contributed by atoms with E-state index in [0.29, 0.717) is 13.0 Å². The summed E-state index contributed by atoms with van der Waals surface area (Å²) < 4.78 is 19.1. The number of nitrogens with one attached hydrogen (secondary N) is 2. The van der Waals surface area contributed by atoms with E-state index >= 15 is 0 Å². The number of rotatable bonds is 9. The van der Waals surface area contributed by atoms with Gasteiger partial charge in [0, 0.05) is 12.6 Å². The highest BCUT2D eigenvalue weighted by molar-refractivity contribution is 5.97. The largest absolute Gasteiger partial charge is 0.493 e. The zero-order valence-corrected chi connectivity index (χ0v) is 18.2. The van der Waals surface area contributed by atoms with Gasteiger partial charge in [0.25, 0.3) is 5.91 Å². The van der Waals surface area contributed by atoms with E-state index in [1.165, 1.54) is 25.3 Å². The Morgan fingerprint density at radius 3 is 2.25 bits per heavy atom. The van der Waals surface area contributed by atoms with Gasteiger partial charge in [-0.25, -0.2) is 4.39 Å². The van der Waals surface area contributed by atoms with Crippen molar-refractivity contribution >= 4 is 11.8 Å². The Morgan fingerprint density at radius 2 is 1.59 bits per heavy atom. The summed E-state index contributed by atoms with van der Waals surface area (Å²) in [6.45, 7) is 2.24. The zero-order valence-electron chi connectivity index (χ0n) is 18.2. The molecule has 0 heterocycles. The molecule has 0 aliphatic heterocycles. The van der Waals surface area contributed by atoms with Crippen molar-refractivity contribution in [3.05, 3.63) is 101 Å². The Bertz CT molecular complexity index is 1040. The number of benzene rings is 3. The zero-order chi connectivity index (χ0) is 22.9. The molecule has 0 saturated heterocycles. The predicted molar refractivity (Wildman–Crippen MR) is 122 cm³/mol. The Labute approximate surface area is 187 Å². The summed E-state index contributed by atoms with van der Waals surface area (Å²) in [6.07, 6.45) is 0.704. The van der Waals surface area contributed by atoms with Gasteiger partial charge in [-0.3, -0.25) is 9.59 Å². The number of ether oxygens (including phenoxy) is 1. The Hall–Kier alpha value is -3.67. The lowest BCUT2D eigenvalue weighted by Gasteiger charge is -2.25. The minimum atomic E-state index is -0.619. The van der Waals surface area contributed by atoms with E-state index in [-0.39, 0.29) is 17.2 Å². The monoisotopic (exact) mass is 434 g/mol. The third-order valence-electron chi connectivity index (χ3n) is 5.27. The maximum absolute atomic E-state index is 14.0. The summed E-state index contributed by atoms with van der Waals surface area (Å²) in [5, 5.41) is 5.82. The second kappa shape index (κ2) is 11.1. The van der Waals surface area contributed by atoms with Gasteiger partial charge in [-0.15, -0.1) is 0 Å². The third-order valence-corrected chi connectivity index (χ3v) is 5.27. The van der Waals surface area contributed by atoms with Gasteiger partial charge in [-0.2, -0.15) is 0 Å². The SMILES string of the molecule is COc1c(F)cccc1C(=O)NC(C)C(C(=O)NCCc1ccccc1)c1ccccc1. The van der Waals surface area contributed by atoms with Crippen LogP contribution in [0.2, 0.25) is 0 Å². The van der Waals surface area contributed by atoms with Crippen LogP contribution in [0.1, 0.15) is 34.3 Å². The molecule has 2 amide bonds. The fourth-order valence-corrected chi connectivity index (χ4v) is 3.68. The summed E-state index contributed by atoms with van der Waals surface area (Å²) in [6, 6.07) is 22.8. The molecule has 2 unspecified atom stereocenters. The summed E-state index contributed by atoms with van der Waals surface area (Å²) >= 11 is 0. The lowest BCUT2D eigenvalue weighted by Crippen LogP contribution is -2.44. The van der Waals surface area contributed by atoms with Gasteiger partial charge < -0.3 is 15.4 Å². The molecule has 32 heavy (non-hydrogen) atoms. The molecule has 3 rings (SSSR count). The van der Waals surface area contributed by atoms with Crippen molar-refractivity contribution in [3.8, 4) is 5.75 Å². The number of halogens is 1. The molecule has 0 aromatic heterocycles. The summed E-state index contributed by atoms with van der Waals surface area (Å²) in [4.78, 5) is 26.0. The molecular weight excluding hydrogens is 407 g/mol. The molecule has 2 atom stereocenters. The number of hydrogen-bond donors (Lipinski definition) is 2. The number of amides is 2. The molecule has 3 aromatic rings. The fraction of sp³-hybridized carbons (Fsp3) is 0.231. The van der Waals surface area contributed by atoms with E-state index in [1.807, 2.05) is 60.7 Å². The maximum Gasteiger partial charge on any atom is 0.255 e. The molecule has 0 aliphatic carbocycles. The number of hydrogen-bond acceptors (Lipinski definition) is 3. The molecule has 0 bridgehead atoms. The van der Waals surface area contributed by atoms with Gasteiger partial charge in [0.1, 0.15) is 0 Å². The van der Waals surface area contributed by atoms with Gasteiger partial charge >= 0.3 is 0 Å². The smallest absolute Gasteiger partial charge is 0.255 e. The molecule has 2 N–H and O–H groups in total. The highest BCUT2D eigenvalue weighted by Gasteiger charge is 2.29. The predicted octanol–water partition coefficient (Wildman–Crippen LogP) is 4.10. The van der Waals surface area contributed by atoms with Crippen LogP contribution in [-0.4, -0.2) is 31.5 Å². The second-order valence-electron chi connectivity index (χ2n) is 7.50. The van der Waals surface area contributed by atoms with Crippen molar-refractivity contribution in [2.24, 2.45) is 0 Å². The third kappa shape index (κ3) is 5.72. The number of para-hydroxylation sites is 1. The van der Waals surface area contributed by atoms with Gasteiger partial charge in [0.2, 0.25) is 5.91 Å². The van der Waals surface area contributed by atoms with Crippen molar-refractivity contribution in [2.75, 3.05) is 13.7 Å². The number of carbonyl (C=O) groups excluding carboxylic acids is 2. The molecule has 5 nitrogen and oxygen atoms in total. The molecule has 0 aliphatic rings. The minimum Gasteiger partial charge on any atom is -0.493 e. The van der Waals surface area contributed by atoms with Crippen molar-refractivity contribution < 1.29 is 18.7 Å². The van der Waals surface area contributed by atoms with E-state index in [9.17, 15) is 14.0 Å². The van der Waals surface area contributed by atoms with Crippen LogP contribution in [0.3, 0.4) is 0 Å². The molecule has 166 valence electrons. The first-order valence-electron chi connectivity index (χ1n) is 10.5. The molecule has 0 radical (unpaired) electrons. The molecular formula is C26H27FN2O3. The van der Waals surface area contributed by atoms with Crippen LogP contribution in [0.5, 0.6) is 5.75 Å². The minimum absolute atomic E-state index is 0.0793. The molecule has 3 aromatic carbocycles. The molecule has 0 spiro atoms. The van der Waals surface area contributed by atoms with Crippen LogP contribution in [-0.2, 0) is 11.2 Å². The van der Waals surface area contributed by atoms with Crippen molar-refractivity contribution in [2.45, 2.75) is 25.3 Å². The highest BCUT2D eigenvalue weighted by atomic mass is 19.1. The van der Waals surface area contributed by atoms with Crippen LogP contribution in [0.25, 0.3) is 0 Å². The van der Waals surface area contributed by atoms with Crippen LogP contribution >= 0.6 is 0 Å². The van der Waals surface area contributed by atoms with Crippen LogP contribution in [0.15, 0.2) is 78.9 Å². The fourth-order valence-electron chi connectivity index (χ4n) is 3.68. The Balaban J connectivity index is 1.74. The second-order valence-corrected chi connectivity index (χ2v) is 7.50. The molecule has 0 fully saturated rings. The average Bonchev–Trinajstić information content (AvgIpc) is 2.80. The van der Waals surface area contributed by atoms with Crippen LogP contribution < -0.4 is 15.4 Å². The maximum atomic E-state index is 14.0. The van der Waals surface area contributed by atoms with Crippen molar-refractivity contribution in [3.63, 3.8) is 0 Å². The standard InChI is InChI=1S/C26H27FN2O3/c1-18(29-25(30)21-14-9-15-22(27)24(21)32-2)23(20-12-7-4-8-13-20)26(31)28-17-16-19-10-5-3-6-11-19/h3-15,18,23H,16-17H2,1-2H3,(H,28,31)(H,29,30). The normalized spacial score (nSPS) is 12.5. The van der Waals surface area contributed by atoms with E-state index in [0.717, 1.165) is 11.1 Å². The summed E-state index contributed by atoms with van der Waals surface area (Å²) in [5.74, 6) is -2.06.